The van der Waals surface area contributed by atoms with Gasteiger partial charge >= 0.3 is 5.97 Å². The molecule has 2 atom stereocenters. The van der Waals surface area contributed by atoms with Gasteiger partial charge in [0.15, 0.2) is 6.10 Å². The molecule has 1 fully saturated rings. The minimum absolute atomic E-state index is 0.0367. The molecule has 0 aliphatic carbocycles. The Hall–Kier alpha value is -3.19. The Morgan fingerprint density at radius 3 is 2.88 bits per heavy atom. The summed E-state index contributed by atoms with van der Waals surface area (Å²) in [5, 5.41) is 9.87. The summed E-state index contributed by atoms with van der Waals surface area (Å²) in [6, 6.07) is 11.7. The van der Waals surface area contributed by atoms with Crippen molar-refractivity contribution in [1.82, 2.24) is 9.88 Å². The van der Waals surface area contributed by atoms with Gasteiger partial charge in [-0.15, -0.1) is 0 Å². The summed E-state index contributed by atoms with van der Waals surface area (Å²) >= 11 is 6.18. The fraction of sp³-hybridized carbons (Fsp3) is 0.320. The van der Waals surface area contributed by atoms with Gasteiger partial charge in [0.2, 0.25) is 0 Å². The van der Waals surface area contributed by atoms with Gasteiger partial charge in [-0.25, -0.2) is 4.39 Å². The highest BCUT2D eigenvalue weighted by Gasteiger charge is 2.29. The number of likely N-dealkylation sites (tertiary alicyclic amines) is 1. The molecule has 1 aliphatic rings. The molecule has 1 N–H and O–H groups in total. The number of nitrogens with zero attached hydrogens (tertiary/aromatic N) is 2. The molecular formula is C25H24ClFN2O4. The van der Waals surface area contributed by atoms with Crippen molar-refractivity contribution in [2.75, 3.05) is 13.1 Å². The SMILES string of the molecule is C[C@@H](Oc1ccc2c(-c3cccc(F)c3Cl)ccnc2c1)C(=O)N1CCC[C@H](CC(=O)O)C1. The molecular weight excluding hydrogens is 447 g/mol. The molecule has 0 saturated carbocycles. The molecule has 4 rings (SSSR count). The molecule has 1 aliphatic heterocycles. The third kappa shape index (κ3) is 5.09. The van der Waals surface area contributed by atoms with E-state index in [9.17, 15) is 14.0 Å². The van der Waals surface area contributed by atoms with E-state index >= 15 is 0 Å². The summed E-state index contributed by atoms with van der Waals surface area (Å²) in [5.74, 6) is -1.06. The number of carbonyl (C=O) groups excluding carboxylic acids is 1. The second-order valence-electron chi connectivity index (χ2n) is 8.29. The van der Waals surface area contributed by atoms with Gasteiger partial charge in [0.1, 0.15) is 11.6 Å². The normalized spacial score (nSPS) is 17.1. The number of aliphatic carboxylic acids is 1. The first-order chi connectivity index (χ1) is 15.8. The van der Waals surface area contributed by atoms with Crippen molar-refractivity contribution in [3.8, 4) is 16.9 Å². The van der Waals surface area contributed by atoms with Crippen LogP contribution in [0.15, 0.2) is 48.7 Å². The number of rotatable bonds is 6. The van der Waals surface area contributed by atoms with Crippen molar-refractivity contribution >= 4 is 34.4 Å². The quantitative estimate of drug-likeness (QED) is 0.537. The number of carboxylic acid groups (broad SMARTS) is 1. The lowest BCUT2D eigenvalue weighted by atomic mass is 9.94. The summed E-state index contributed by atoms with van der Waals surface area (Å²) in [5.41, 5.74) is 1.95. The van der Waals surface area contributed by atoms with E-state index in [4.69, 9.17) is 21.4 Å². The van der Waals surface area contributed by atoms with Crippen LogP contribution in [0.4, 0.5) is 4.39 Å². The molecule has 33 heavy (non-hydrogen) atoms. The Labute approximate surface area is 195 Å². The average Bonchev–Trinajstić information content (AvgIpc) is 2.79. The van der Waals surface area contributed by atoms with Gasteiger partial charge < -0.3 is 14.7 Å². The van der Waals surface area contributed by atoms with E-state index < -0.39 is 17.9 Å². The first kappa shape index (κ1) is 23.0. The smallest absolute Gasteiger partial charge is 0.303 e. The molecule has 0 unspecified atom stereocenters. The molecule has 6 nitrogen and oxygen atoms in total. The van der Waals surface area contributed by atoms with Crippen LogP contribution in [0, 0.1) is 11.7 Å². The third-order valence-electron chi connectivity index (χ3n) is 5.91. The van der Waals surface area contributed by atoms with E-state index in [1.165, 1.54) is 6.07 Å². The maximum absolute atomic E-state index is 14.0. The second-order valence-corrected chi connectivity index (χ2v) is 8.67. The van der Waals surface area contributed by atoms with Crippen molar-refractivity contribution in [3.05, 3.63) is 59.5 Å². The predicted octanol–water partition coefficient (Wildman–Crippen LogP) is 5.17. The number of amides is 1. The Balaban J connectivity index is 1.52. The monoisotopic (exact) mass is 470 g/mol. The van der Waals surface area contributed by atoms with Crippen LogP contribution >= 0.6 is 11.6 Å². The van der Waals surface area contributed by atoms with E-state index in [2.05, 4.69) is 4.98 Å². The van der Waals surface area contributed by atoms with Crippen LogP contribution in [0.1, 0.15) is 26.2 Å². The Bertz CT molecular complexity index is 1200. The Kier molecular flexibility index (Phi) is 6.79. The molecule has 2 heterocycles. The second kappa shape index (κ2) is 9.75. The maximum atomic E-state index is 14.0. The first-order valence-electron chi connectivity index (χ1n) is 10.8. The summed E-state index contributed by atoms with van der Waals surface area (Å²) in [6.07, 6.45) is 2.54. The molecule has 3 aromatic rings. The minimum Gasteiger partial charge on any atom is -0.481 e. The van der Waals surface area contributed by atoms with Crippen LogP contribution in [-0.4, -0.2) is 46.1 Å². The van der Waals surface area contributed by atoms with Gasteiger partial charge in [-0.1, -0.05) is 23.7 Å². The molecule has 1 saturated heterocycles. The highest BCUT2D eigenvalue weighted by molar-refractivity contribution is 6.33. The molecule has 172 valence electrons. The van der Waals surface area contributed by atoms with Crippen LogP contribution in [-0.2, 0) is 9.59 Å². The molecule has 0 spiro atoms. The molecule has 8 heteroatoms. The van der Waals surface area contributed by atoms with Gasteiger partial charge in [-0.05, 0) is 55.5 Å². The number of carbonyl (C=O) groups is 2. The number of piperidine rings is 1. The van der Waals surface area contributed by atoms with Crippen molar-refractivity contribution < 1.29 is 23.8 Å². The number of hydrogen-bond acceptors (Lipinski definition) is 4. The van der Waals surface area contributed by atoms with Crippen LogP contribution < -0.4 is 4.74 Å². The van der Waals surface area contributed by atoms with E-state index in [0.29, 0.717) is 29.9 Å². The average molecular weight is 471 g/mol. The number of carboxylic acids is 1. The first-order valence-corrected chi connectivity index (χ1v) is 11.2. The van der Waals surface area contributed by atoms with Crippen molar-refractivity contribution in [3.63, 3.8) is 0 Å². The molecule has 2 aromatic carbocycles. The topological polar surface area (TPSA) is 79.7 Å². The fourth-order valence-electron chi connectivity index (χ4n) is 4.34. The number of aromatic nitrogens is 1. The third-order valence-corrected chi connectivity index (χ3v) is 6.29. The molecule has 1 aromatic heterocycles. The van der Waals surface area contributed by atoms with Gasteiger partial charge in [0, 0.05) is 42.7 Å². The Morgan fingerprint density at radius 2 is 2.09 bits per heavy atom. The van der Waals surface area contributed by atoms with Gasteiger partial charge in [0.05, 0.1) is 10.5 Å². The molecule has 0 radical (unpaired) electrons. The van der Waals surface area contributed by atoms with Crippen LogP contribution in [0.25, 0.3) is 22.0 Å². The molecule has 1 amide bonds. The largest absolute Gasteiger partial charge is 0.481 e. The number of pyridine rings is 1. The number of hydrogen-bond donors (Lipinski definition) is 1. The lowest BCUT2D eigenvalue weighted by Crippen LogP contribution is -2.46. The number of halogens is 2. The predicted molar refractivity (Wildman–Crippen MR) is 124 cm³/mol. The number of fused-ring (bicyclic) bond motifs is 1. The Morgan fingerprint density at radius 1 is 1.27 bits per heavy atom. The van der Waals surface area contributed by atoms with Crippen LogP contribution in [0.2, 0.25) is 5.02 Å². The van der Waals surface area contributed by atoms with Crippen molar-refractivity contribution in [2.45, 2.75) is 32.3 Å². The standard InChI is InChI=1S/C25H24ClFN2O4/c1-15(25(32)29-11-3-4-16(14-29)12-23(30)31)33-17-7-8-19-18(9-10-28-22(19)13-17)20-5-2-6-21(27)24(20)26/h2,5-10,13,15-16H,3-4,11-12,14H2,1H3,(H,30,31)/t15-,16-/m1/s1. The lowest BCUT2D eigenvalue weighted by Gasteiger charge is -2.33. The number of ether oxygens (including phenoxy) is 1. The molecule has 0 bridgehead atoms. The van der Waals surface area contributed by atoms with Crippen molar-refractivity contribution in [1.29, 1.82) is 0 Å². The minimum atomic E-state index is -0.846. The van der Waals surface area contributed by atoms with Gasteiger partial charge in [-0.2, -0.15) is 0 Å². The van der Waals surface area contributed by atoms with E-state index in [-0.39, 0.29) is 23.3 Å². The maximum Gasteiger partial charge on any atom is 0.303 e. The number of benzene rings is 2. The fourth-order valence-corrected chi connectivity index (χ4v) is 4.57. The summed E-state index contributed by atoms with van der Waals surface area (Å²) in [6.45, 7) is 2.71. The van der Waals surface area contributed by atoms with Crippen LogP contribution in [0.5, 0.6) is 5.75 Å². The van der Waals surface area contributed by atoms with Crippen molar-refractivity contribution in [2.24, 2.45) is 5.92 Å². The lowest BCUT2D eigenvalue weighted by molar-refractivity contribution is -0.143. The van der Waals surface area contributed by atoms with E-state index in [1.807, 2.05) is 6.07 Å². The van der Waals surface area contributed by atoms with Gasteiger partial charge in [0.25, 0.3) is 5.91 Å². The van der Waals surface area contributed by atoms with E-state index in [0.717, 1.165) is 23.8 Å². The summed E-state index contributed by atoms with van der Waals surface area (Å²) in [4.78, 5) is 30.0. The van der Waals surface area contributed by atoms with Crippen LogP contribution in [0.3, 0.4) is 0 Å². The highest BCUT2D eigenvalue weighted by atomic mass is 35.5. The van der Waals surface area contributed by atoms with Gasteiger partial charge in [-0.3, -0.25) is 14.6 Å². The summed E-state index contributed by atoms with van der Waals surface area (Å²) in [7, 11) is 0. The summed E-state index contributed by atoms with van der Waals surface area (Å²) < 4.78 is 19.9. The zero-order valence-electron chi connectivity index (χ0n) is 18.1. The zero-order valence-corrected chi connectivity index (χ0v) is 18.9. The van der Waals surface area contributed by atoms with E-state index in [1.54, 1.807) is 48.4 Å². The highest BCUT2D eigenvalue weighted by Crippen LogP contribution is 2.35. The zero-order chi connectivity index (χ0) is 23.5.